The summed E-state index contributed by atoms with van der Waals surface area (Å²) in [5.41, 5.74) is 11.2. The van der Waals surface area contributed by atoms with Crippen LogP contribution in [0, 0.1) is 0 Å². The first-order chi connectivity index (χ1) is 14.8. The molecular weight excluding hydrogens is 368 g/mol. The number of carbonyl (C=O) groups excluding carboxylic acids is 2. The second-order valence-electron chi connectivity index (χ2n) is 8.06. The summed E-state index contributed by atoms with van der Waals surface area (Å²) in [6.07, 6.45) is 1.84. The number of benzene rings is 4. The van der Waals surface area contributed by atoms with E-state index in [0.29, 0.717) is 11.1 Å². The van der Waals surface area contributed by atoms with Crippen LogP contribution >= 0.6 is 0 Å². The van der Waals surface area contributed by atoms with E-state index in [1.807, 2.05) is 24.3 Å². The van der Waals surface area contributed by atoms with Crippen molar-refractivity contribution in [1.82, 2.24) is 0 Å². The zero-order valence-electron chi connectivity index (χ0n) is 16.2. The molecule has 142 valence electrons. The van der Waals surface area contributed by atoms with Gasteiger partial charge < -0.3 is 0 Å². The summed E-state index contributed by atoms with van der Waals surface area (Å²) in [7, 11) is 0. The standard InChI is InChI=1S/C28H18O2/c29-15-17-9-11-21-19-5-1-3-7-23(19)27(25(21)13-17)28-24-8-4-2-6-20(24)22-12-10-18(16-30)14-26(22)28/h1-16,27-28H. The molecule has 2 unspecified atom stereocenters. The molecule has 0 saturated heterocycles. The van der Waals surface area contributed by atoms with Gasteiger partial charge in [0.1, 0.15) is 12.6 Å². The minimum absolute atomic E-state index is 0.0976. The van der Waals surface area contributed by atoms with E-state index in [1.54, 1.807) is 0 Å². The molecule has 2 aliphatic carbocycles. The third kappa shape index (κ3) is 2.25. The second kappa shape index (κ2) is 6.36. The molecule has 0 heterocycles. The van der Waals surface area contributed by atoms with Gasteiger partial charge in [-0.25, -0.2) is 0 Å². The normalized spacial score (nSPS) is 17.6. The number of hydrogen-bond donors (Lipinski definition) is 0. The molecule has 0 saturated carbocycles. The van der Waals surface area contributed by atoms with Crippen molar-refractivity contribution in [2.24, 2.45) is 0 Å². The average Bonchev–Trinajstić information content (AvgIpc) is 3.30. The van der Waals surface area contributed by atoms with E-state index in [2.05, 4.69) is 60.7 Å². The van der Waals surface area contributed by atoms with E-state index in [0.717, 1.165) is 12.6 Å². The molecule has 4 aromatic carbocycles. The Kier molecular flexibility index (Phi) is 3.63. The van der Waals surface area contributed by atoms with Crippen LogP contribution in [0.2, 0.25) is 0 Å². The molecule has 2 aliphatic rings. The molecule has 0 fully saturated rings. The molecule has 30 heavy (non-hydrogen) atoms. The van der Waals surface area contributed by atoms with Crippen LogP contribution in [0.15, 0.2) is 84.9 Å². The van der Waals surface area contributed by atoms with Gasteiger partial charge in [0.25, 0.3) is 0 Å². The lowest BCUT2D eigenvalue weighted by Gasteiger charge is -2.24. The van der Waals surface area contributed by atoms with Crippen molar-refractivity contribution in [2.75, 3.05) is 0 Å². The summed E-state index contributed by atoms with van der Waals surface area (Å²) in [4.78, 5) is 23.1. The van der Waals surface area contributed by atoms with Crippen LogP contribution in [-0.2, 0) is 0 Å². The largest absolute Gasteiger partial charge is 0.298 e. The van der Waals surface area contributed by atoms with Crippen molar-refractivity contribution in [3.05, 3.63) is 118 Å². The molecule has 2 heteroatoms. The molecular formula is C28H18O2. The maximum atomic E-state index is 11.5. The predicted octanol–water partition coefficient (Wildman–Crippen LogP) is 6.24. The highest BCUT2D eigenvalue weighted by Crippen LogP contribution is 2.58. The maximum Gasteiger partial charge on any atom is 0.150 e. The van der Waals surface area contributed by atoms with Crippen molar-refractivity contribution < 1.29 is 9.59 Å². The molecule has 6 rings (SSSR count). The number of rotatable bonds is 3. The van der Waals surface area contributed by atoms with E-state index >= 15 is 0 Å². The highest BCUT2D eigenvalue weighted by Gasteiger charge is 2.40. The summed E-state index contributed by atoms with van der Waals surface area (Å²) in [6, 6.07) is 29.0. The predicted molar refractivity (Wildman–Crippen MR) is 118 cm³/mol. The van der Waals surface area contributed by atoms with Gasteiger partial charge in [0.2, 0.25) is 0 Å². The van der Waals surface area contributed by atoms with Crippen molar-refractivity contribution in [3.8, 4) is 22.3 Å². The average molecular weight is 386 g/mol. The third-order valence-corrected chi connectivity index (χ3v) is 6.60. The minimum Gasteiger partial charge on any atom is -0.298 e. The maximum absolute atomic E-state index is 11.5. The number of aldehydes is 2. The van der Waals surface area contributed by atoms with Gasteiger partial charge in [0.05, 0.1) is 0 Å². The fourth-order valence-electron chi connectivity index (χ4n) is 5.39. The van der Waals surface area contributed by atoms with Gasteiger partial charge in [0.15, 0.2) is 0 Å². The van der Waals surface area contributed by atoms with Crippen LogP contribution in [-0.4, -0.2) is 12.6 Å². The lowest BCUT2D eigenvalue weighted by atomic mass is 9.78. The Hall–Kier alpha value is -3.78. The van der Waals surface area contributed by atoms with Gasteiger partial charge in [-0.2, -0.15) is 0 Å². The quantitative estimate of drug-likeness (QED) is 0.391. The van der Waals surface area contributed by atoms with E-state index in [9.17, 15) is 9.59 Å². The highest BCUT2D eigenvalue weighted by atomic mass is 16.1. The van der Waals surface area contributed by atoms with E-state index in [-0.39, 0.29) is 11.8 Å². The molecule has 0 aromatic heterocycles. The van der Waals surface area contributed by atoms with Crippen LogP contribution in [0.25, 0.3) is 22.3 Å². The van der Waals surface area contributed by atoms with Crippen molar-refractivity contribution >= 4 is 12.6 Å². The van der Waals surface area contributed by atoms with Crippen LogP contribution in [0.1, 0.15) is 54.8 Å². The first-order valence-corrected chi connectivity index (χ1v) is 10.2. The Morgan fingerprint density at radius 1 is 0.467 bits per heavy atom. The molecule has 0 aliphatic heterocycles. The van der Waals surface area contributed by atoms with Crippen molar-refractivity contribution in [2.45, 2.75) is 11.8 Å². The van der Waals surface area contributed by atoms with Crippen LogP contribution in [0.3, 0.4) is 0 Å². The molecule has 0 radical (unpaired) electrons. The van der Waals surface area contributed by atoms with Gasteiger partial charge >= 0.3 is 0 Å². The first-order valence-electron chi connectivity index (χ1n) is 10.2. The lowest BCUT2D eigenvalue weighted by molar-refractivity contribution is 0.111. The summed E-state index contributed by atoms with van der Waals surface area (Å²) in [5.74, 6) is 0.195. The number of fused-ring (bicyclic) bond motifs is 6. The summed E-state index contributed by atoms with van der Waals surface area (Å²) in [6.45, 7) is 0. The van der Waals surface area contributed by atoms with E-state index in [4.69, 9.17) is 0 Å². The minimum atomic E-state index is 0.0976. The van der Waals surface area contributed by atoms with Crippen LogP contribution in [0.4, 0.5) is 0 Å². The monoisotopic (exact) mass is 386 g/mol. The molecule has 2 nitrogen and oxygen atoms in total. The second-order valence-corrected chi connectivity index (χ2v) is 8.06. The Morgan fingerprint density at radius 3 is 1.30 bits per heavy atom. The van der Waals surface area contributed by atoms with Crippen molar-refractivity contribution in [3.63, 3.8) is 0 Å². The van der Waals surface area contributed by atoms with Gasteiger partial charge in [-0.15, -0.1) is 0 Å². The SMILES string of the molecule is O=Cc1ccc2c(c1)C(C1c3ccccc3-c3ccc(C=O)cc31)c1ccccc1-2. The molecule has 0 spiro atoms. The van der Waals surface area contributed by atoms with Gasteiger partial charge in [0, 0.05) is 23.0 Å². The Morgan fingerprint density at radius 2 is 0.867 bits per heavy atom. The van der Waals surface area contributed by atoms with Crippen LogP contribution in [0.5, 0.6) is 0 Å². The molecule has 0 N–H and O–H groups in total. The summed E-state index contributed by atoms with van der Waals surface area (Å²) in [5, 5.41) is 0. The van der Waals surface area contributed by atoms with Gasteiger partial charge in [-0.1, -0.05) is 72.8 Å². The number of hydrogen-bond acceptors (Lipinski definition) is 2. The zero-order chi connectivity index (χ0) is 20.2. The fraction of sp³-hybridized carbons (Fsp3) is 0.0714. The molecule has 2 atom stereocenters. The van der Waals surface area contributed by atoms with Crippen molar-refractivity contribution in [1.29, 1.82) is 0 Å². The fourth-order valence-corrected chi connectivity index (χ4v) is 5.39. The smallest absolute Gasteiger partial charge is 0.150 e. The van der Waals surface area contributed by atoms with Gasteiger partial charge in [-0.05, 0) is 56.6 Å². The zero-order valence-corrected chi connectivity index (χ0v) is 16.2. The Balaban J connectivity index is 1.67. The lowest BCUT2D eigenvalue weighted by Crippen LogP contribution is -2.10. The van der Waals surface area contributed by atoms with Crippen LogP contribution < -0.4 is 0 Å². The molecule has 0 bridgehead atoms. The van der Waals surface area contributed by atoms with Gasteiger partial charge in [-0.3, -0.25) is 9.59 Å². The highest BCUT2D eigenvalue weighted by molar-refractivity contribution is 5.88. The Labute approximate surface area is 174 Å². The number of carbonyl (C=O) groups is 2. The first kappa shape index (κ1) is 17.1. The van der Waals surface area contributed by atoms with E-state index < -0.39 is 0 Å². The Bertz CT molecular complexity index is 1240. The topological polar surface area (TPSA) is 34.1 Å². The molecule has 4 aromatic rings. The van der Waals surface area contributed by atoms with E-state index in [1.165, 1.54) is 44.5 Å². The molecule has 0 amide bonds. The summed E-state index contributed by atoms with van der Waals surface area (Å²) < 4.78 is 0. The third-order valence-electron chi connectivity index (χ3n) is 6.60. The summed E-state index contributed by atoms with van der Waals surface area (Å²) >= 11 is 0.